The van der Waals surface area contributed by atoms with Gasteiger partial charge in [-0.05, 0) is 42.8 Å². The van der Waals surface area contributed by atoms with Crippen LogP contribution in [0, 0.1) is 6.92 Å². The second kappa shape index (κ2) is 7.78. The number of aromatic nitrogens is 4. The molecule has 0 fully saturated rings. The molecule has 0 aliphatic carbocycles. The fraction of sp³-hybridized carbons (Fsp3) is 0.182. The molecule has 4 heterocycles. The highest BCUT2D eigenvalue weighted by molar-refractivity contribution is 7.99. The molecule has 0 radical (unpaired) electrons. The molecule has 0 bridgehead atoms. The van der Waals surface area contributed by atoms with Gasteiger partial charge in [-0.25, -0.2) is 4.98 Å². The van der Waals surface area contributed by atoms with E-state index in [4.69, 9.17) is 14.2 Å². The lowest BCUT2D eigenvalue weighted by atomic mass is 10.1. The summed E-state index contributed by atoms with van der Waals surface area (Å²) in [6.07, 6.45) is 0. The number of benzene rings is 2. The van der Waals surface area contributed by atoms with Crippen LogP contribution in [-0.4, -0.2) is 45.1 Å². The first-order chi connectivity index (χ1) is 16.1. The van der Waals surface area contributed by atoms with Crippen LogP contribution in [-0.2, 0) is 4.79 Å². The number of hydrogen-bond acceptors (Lipinski definition) is 9. The van der Waals surface area contributed by atoms with Crippen LogP contribution in [0.3, 0.4) is 0 Å². The van der Waals surface area contributed by atoms with Crippen LogP contribution in [0.15, 0.2) is 41.6 Å². The van der Waals surface area contributed by atoms with Gasteiger partial charge in [-0.3, -0.25) is 9.20 Å². The first-order valence-electron chi connectivity index (χ1n) is 10.0. The van der Waals surface area contributed by atoms with Gasteiger partial charge in [0.25, 0.3) is 0 Å². The number of ether oxygens (including phenoxy) is 3. The maximum absolute atomic E-state index is 12.6. The van der Waals surface area contributed by atoms with Gasteiger partial charge >= 0.3 is 0 Å². The highest BCUT2D eigenvalue weighted by Crippen LogP contribution is 2.38. The summed E-state index contributed by atoms with van der Waals surface area (Å²) in [6, 6.07) is 11.5. The molecular formula is C22H17N5O4S2. The number of fused-ring (bicyclic) bond motifs is 5. The quantitative estimate of drug-likeness (QED) is 0.373. The number of carbonyl (C=O) groups excluding carboxylic acids is 1. The van der Waals surface area contributed by atoms with Crippen molar-refractivity contribution in [1.29, 1.82) is 0 Å². The molecule has 5 aromatic rings. The van der Waals surface area contributed by atoms with Crippen LogP contribution in [0.2, 0.25) is 0 Å². The summed E-state index contributed by atoms with van der Waals surface area (Å²) in [5.74, 6) is 2.15. The number of nitrogens with one attached hydrogen (secondary N) is 1. The molecule has 11 heteroatoms. The maximum Gasteiger partial charge on any atom is 0.236 e. The predicted molar refractivity (Wildman–Crippen MR) is 127 cm³/mol. The number of thioether (sulfide) groups is 1. The van der Waals surface area contributed by atoms with Crippen LogP contribution >= 0.6 is 23.1 Å². The van der Waals surface area contributed by atoms with E-state index >= 15 is 0 Å². The molecule has 0 saturated heterocycles. The van der Waals surface area contributed by atoms with E-state index in [1.54, 1.807) is 7.11 Å². The third-order valence-electron chi connectivity index (χ3n) is 5.30. The van der Waals surface area contributed by atoms with Gasteiger partial charge in [-0.1, -0.05) is 23.1 Å². The predicted octanol–water partition coefficient (Wildman–Crippen LogP) is 4.27. The Morgan fingerprint density at radius 1 is 1.21 bits per heavy atom. The number of methoxy groups -OCH3 is 1. The van der Waals surface area contributed by atoms with Crippen LogP contribution < -0.4 is 19.5 Å². The largest absolute Gasteiger partial charge is 0.497 e. The van der Waals surface area contributed by atoms with Crippen molar-refractivity contribution >= 4 is 60.9 Å². The summed E-state index contributed by atoms with van der Waals surface area (Å²) < 4.78 is 19.2. The third-order valence-corrected chi connectivity index (χ3v) is 7.16. The first-order valence-corrected chi connectivity index (χ1v) is 11.8. The number of hydrogen-bond donors (Lipinski definition) is 1. The Morgan fingerprint density at radius 3 is 2.91 bits per heavy atom. The number of amides is 1. The summed E-state index contributed by atoms with van der Waals surface area (Å²) in [5.41, 5.74) is 3.43. The van der Waals surface area contributed by atoms with Crippen molar-refractivity contribution in [2.24, 2.45) is 0 Å². The van der Waals surface area contributed by atoms with Crippen molar-refractivity contribution in [2.45, 2.75) is 12.1 Å². The van der Waals surface area contributed by atoms with Gasteiger partial charge in [0.15, 0.2) is 27.4 Å². The fourth-order valence-electron chi connectivity index (χ4n) is 3.76. The average Bonchev–Trinajstić information content (AvgIpc) is 3.53. The van der Waals surface area contributed by atoms with Crippen molar-refractivity contribution in [3.8, 4) is 17.2 Å². The van der Waals surface area contributed by atoms with Gasteiger partial charge < -0.3 is 19.5 Å². The Balaban J connectivity index is 1.26. The second-order valence-corrected chi connectivity index (χ2v) is 9.40. The molecule has 0 spiro atoms. The molecule has 1 amide bonds. The molecule has 166 valence electrons. The van der Waals surface area contributed by atoms with Crippen molar-refractivity contribution in [3.05, 3.63) is 42.0 Å². The number of anilines is 1. The van der Waals surface area contributed by atoms with Crippen LogP contribution in [0.1, 0.15) is 5.56 Å². The molecular weight excluding hydrogens is 462 g/mol. The Labute approximate surface area is 195 Å². The number of rotatable bonds is 5. The van der Waals surface area contributed by atoms with Gasteiger partial charge in [-0.2, -0.15) is 0 Å². The Bertz CT molecular complexity index is 1560. The van der Waals surface area contributed by atoms with Gasteiger partial charge in [-0.15, -0.1) is 10.2 Å². The van der Waals surface area contributed by atoms with Crippen molar-refractivity contribution < 1.29 is 19.0 Å². The van der Waals surface area contributed by atoms with E-state index in [-0.39, 0.29) is 18.5 Å². The van der Waals surface area contributed by atoms with E-state index in [0.717, 1.165) is 43.8 Å². The highest BCUT2D eigenvalue weighted by atomic mass is 32.2. The molecule has 33 heavy (non-hydrogen) atoms. The standard InChI is InChI=1S/C22H17N5O4S2/c1-11-5-12-6-16-17(31-10-30-16)8-15(12)27-20(11)25-26-22(27)32-9-19(28)24-21-23-14-4-3-13(29-2)7-18(14)33-21/h3-8H,9-10H2,1-2H3,(H,23,24,28). The van der Waals surface area contributed by atoms with E-state index in [1.165, 1.54) is 23.1 Å². The second-order valence-electron chi connectivity index (χ2n) is 7.42. The minimum atomic E-state index is -0.169. The molecule has 1 aliphatic rings. The van der Waals surface area contributed by atoms with Crippen LogP contribution in [0.25, 0.3) is 26.8 Å². The summed E-state index contributed by atoms with van der Waals surface area (Å²) in [7, 11) is 1.62. The van der Waals surface area contributed by atoms with Crippen molar-refractivity contribution in [1.82, 2.24) is 19.6 Å². The highest BCUT2D eigenvalue weighted by Gasteiger charge is 2.19. The molecule has 0 unspecified atom stereocenters. The molecule has 0 saturated carbocycles. The number of nitrogens with zero attached hydrogens (tertiary/aromatic N) is 4. The summed E-state index contributed by atoms with van der Waals surface area (Å²) >= 11 is 2.72. The molecule has 0 atom stereocenters. The van der Waals surface area contributed by atoms with E-state index < -0.39 is 0 Å². The SMILES string of the molecule is COc1ccc2nc(NC(=O)CSc3nnc4c(C)cc5cc6c(cc5n34)OCO6)sc2c1. The Hall–Kier alpha value is -3.57. The number of thiazole rings is 1. The van der Waals surface area contributed by atoms with Crippen LogP contribution in [0.4, 0.5) is 5.13 Å². The maximum atomic E-state index is 12.6. The van der Waals surface area contributed by atoms with E-state index in [9.17, 15) is 4.79 Å². The summed E-state index contributed by atoms with van der Waals surface area (Å²) in [5, 5.41) is 13.7. The summed E-state index contributed by atoms with van der Waals surface area (Å²) in [4.78, 5) is 17.1. The zero-order valence-corrected chi connectivity index (χ0v) is 19.2. The topological polar surface area (TPSA) is 99.9 Å². The van der Waals surface area contributed by atoms with Gasteiger partial charge in [0, 0.05) is 11.5 Å². The van der Waals surface area contributed by atoms with Gasteiger partial charge in [0.2, 0.25) is 12.7 Å². The third kappa shape index (κ3) is 3.49. The lowest BCUT2D eigenvalue weighted by molar-refractivity contribution is -0.113. The van der Waals surface area contributed by atoms with Gasteiger partial charge in [0.1, 0.15) is 5.75 Å². The van der Waals surface area contributed by atoms with Crippen molar-refractivity contribution in [3.63, 3.8) is 0 Å². The fourth-order valence-corrected chi connectivity index (χ4v) is 5.42. The number of aryl methyl sites for hydroxylation is 1. The summed E-state index contributed by atoms with van der Waals surface area (Å²) in [6.45, 7) is 2.19. The number of pyridine rings is 1. The monoisotopic (exact) mass is 479 g/mol. The molecule has 1 aliphatic heterocycles. The lowest BCUT2D eigenvalue weighted by Gasteiger charge is -2.08. The zero-order valence-electron chi connectivity index (χ0n) is 17.6. The molecule has 9 nitrogen and oxygen atoms in total. The first kappa shape index (κ1) is 20.1. The Morgan fingerprint density at radius 2 is 2.06 bits per heavy atom. The minimum absolute atomic E-state index is 0.167. The molecule has 6 rings (SSSR count). The minimum Gasteiger partial charge on any atom is -0.497 e. The lowest BCUT2D eigenvalue weighted by Crippen LogP contribution is -2.14. The Kier molecular flexibility index (Phi) is 4.73. The smallest absolute Gasteiger partial charge is 0.236 e. The molecule has 2 aromatic carbocycles. The van der Waals surface area contributed by atoms with E-state index in [2.05, 4.69) is 20.5 Å². The molecule has 1 N–H and O–H groups in total. The average molecular weight is 480 g/mol. The normalized spacial score (nSPS) is 12.7. The molecule has 3 aromatic heterocycles. The zero-order chi connectivity index (χ0) is 22.5. The van der Waals surface area contributed by atoms with E-state index in [1.807, 2.05) is 47.7 Å². The number of carbonyl (C=O) groups is 1. The van der Waals surface area contributed by atoms with Crippen molar-refractivity contribution in [2.75, 3.05) is 25.0 Å². The van der Waals surface area contributed by atoms with Gasteiger partial charge in [0.05, 0.1) is 28.6 Å². The van der Waals surface area contributed by atoms with Crippen LogP contribution in [0.5, 0.6) is 17.2 Å². The van der Waals surface area contributed by atoms with E-state index in [0.29, 0.717) is 16.0 Å².